The molecule has 3 rings (SSSR count). The first-order valence-corrected chi connectivity index (χ1v) is 9.99. The number of rotatable bonds is 6. The van der Waals surface area contributed by atoms with Gasteiger partial charge in [-0.05, 0) is 31.7 Å². The molecule has 1 saturated heterocycles. The van der Waals surface area contributed by atoms with Crippen LogP contribution in [0.3, 0.4) is 0 Å². The van der Waals surface area contributed by atoms with Crippen molar-refractivity contribution in [2.45, 2.75) is 51.5 Å². The monoisotopic (exact) mass is 385 g/mol. The Hall–Kier alpha value is -2.70. The molecule has 1 atom stereocenters. The second-order valence-corrected chi connectivity index (χ2v) is 7.03. The summed E-state index contributed by atoms with van der Waals surface area (Å²) >= 11 is 0. The van der Waals surface area contributed by atoms with Gasteiger partial charge in [-0.15, -0.1) is 0 Å². The van der Waals surface area contributed by atoms with Gasteiger partial charge in [0, 0.05) is 25.8 Å². The van der Waals surface area contributed by atoms with E-state index in [1.54, 1.807) is 11.8 Å². The van der Waals surface area contributed by atoms with Crippen LogP contribution in [0, 0.1) is 0 Å². The molecule has 2 heterocycles. The van der Waals surface area contributed by atoms with E-state index in [0.717, 1.165) is 24.1 Å². The predicted molar refractivity (Wildman–Crippen MR) is 105 cm³/mol. The third kappa shape index (κ3) is 4.77. The van der Waals surface area contributed by atoms with Crippen molar-refractivity contribution in [1.82, 2.24) is 9.91 Å². The van der Waals surface area contributed by atoms with Gasteiger partial charge in [0.2, 0.25) is 11.8 Å². The summed E-state index contributed by atoms with van der Waals surface area (Å²) in [5.41, 5.74) is 1.90. The summed E-state index contributed by atoms with van der Waals surface area (Å²) in [6.45, 7) is 3.13. The lowest BCUT2D eigenvalue weighted by Gasteiger charge is -2.34. The van der Waals surface area contributed by atoms with Gasteiger partial charge in [0.1, 0.15) is 6.04 Å². The third-order valence-corrected chi connectivity index (χ3v) is 5.13. The molecule has 150 valence electrons. The molecule has 1 fully saturated rings. The molecule has 1 unspecified atom stereocenters. The van der Waals surface area contributed by atoms with Gasteiger partial charge < -0.3 is 9.64 Å². The van der Waals surface area contributed by atoms with Crippen LogP contribution in [-0.2, 0) is 19.1 Å². The average molecular weight is 385 g/mol. The van der Waals surface area contributed by atoms with Crippen LogP contribution in [0.4, 0.5) is 0 Å². The molecule has 0 N–H and O–H groups in total. The number of nitrogens with zero attached hydrogens (tertiary/aromatic N) is 3. The molecular weight excluding hydrogens is 358 g/mol. The number of hydrogen-bond acceptors (Lipinski definition) is 5. The van der Waals surface area contributed by atoms with Crippen LogP contribution in [0.5, 0.6) is 0 Å². The van der Waals surface area contributed by atoms with Gasteiger partial charge in [0.15, 0.2) is 0 Å². The fraction of sp³-hybridized carbons (Fsp3) is 0.524. The Kier molecular flexibility index (Phi) is 6.79. The number of benzene rings is 1. The Morgan fingerprint density at radius 3 is 2.57 bits per heavy atom. The summed E-state index contributed by atoms with van der Waals surface area (Å²) < 4.78 is 5.10. The van der Waals surface area contributed by atoms with E-state index in [1.165, 1.54) is 5.01 Å². The lowest BCUT2D eigenvalue weighted by molar-refractivity contribution is -0.156. The molecule has 2 aliphatic rings. The molecule has 0 radical (unpaired) electrons. The summed E-state index contributed by atoms with van der Waals surface area (Å²) in [6.07, 6.45) is 3.28. The van der Waals surface area contributed by atoms with Crippen molar-refractivity contribution in [3.63, 3.8) is 0 Å². The van der Waals surface area contributed by atoms with Crippen LogP contribution in [0.2, 0.25) is 0 Å². The highest BCUT2D eigenvalue weighted by Crippen LogP contribution is 2.20. The van der Waals surface area contributed by atoms with Crippen molar-refractivity contribution in [2.24, 2.45) is 5.10 Å². The molecule has 0 aliphatic carbocycles. The number of ether oxygens (including phenoxy) is 1. The second-order valence-electron chi connectivity index (χ2n) is 7.03. The van der Waals surface area contributed by atoms with Crippen molar-refractivity contribution < 1.29 is 19.1 Å². The lowest BCUT2D eigenvalue weighted by Crippen LogP contribution is -2.48. The predicted octanol–water partition coefficient (Wildman–Crippen LogP) is 2.35. The van der Waals surface area contributed by atoms with E-state index < -0.39 is 6.04 Å². The number of hydrazone groups is 1. The van der Waals surface area contributed by atoms with Gasteiger partial charge in [0.05, 0.1) is 18.9 Å². The molecule has 0 saturated carbocycles. The average Bonchev–Trinajstić information content (AvgIpc) is 3.23. The van der Waals surface area contributed by atoms with Gasteiger partial charge in [-0.25, -0.2) is 9.80 Å². The molecule has 28 heavy (non-hydrogen) atoms. The van der Waals surface area contributed by atoms with Crippen LogP contribution in [-0.4, -0.2) is 59.1 Å². The van der Waals surface area contributed by atoms with E-state index in [0.29, 0.717) is 32.5 Å². The number of esters is 1. The zero-order valence-electron chi connectivity index (χ0n) is 16.3. The fourth-order valence-corrected chi connectivity index (χ4v) is 3.67. The van der Waals surface area contributed by atoms with Crippen LogP contribution in [0.25, 0.3) is 0 Å². The Balaban J connectivity index is 1.54. The van der Waals surface area contributed by atoms with Crippen molar-refractivity contribution in [3.05, 3.63) is 35.9 Å². The van der Waals surface area contributed by atoms with E-state index >= 15 is 0 Å². The maximum atomic E-state index is 12.6. The Morgan fingerprint density at radius 2 is 1.82 bits per heavy atom. The first-order valence-electron chi connectivity index (χ1n) is 9.99. The number of amides is 2. The molecule has 0 bridgehead atoms. The molecule has 0 aromatic heterocycles. The van der Waals surface area contributed by atoms with Gasteiger partial charge in [-0.2, -0.15) is 5.10 Å². The van der Waals surface area contributed by atoms with Gasteiger partial charge in [-0.1, -0.05) is 30.3 Å². The second kappa shape index (κ2) is 9.48. The Labute approximate surface area is 165 Å². The zero-order valence-corrected chi connectivity index (χ0v) is 16.3. The molecule has 2 aliphatic heterocycles. The minimum absolute atomic E-state index is 0.0848. The van der Waals surface area contributed by atoms with Crippen molar-refractivity contribution >= 4 is 23.5 Å². The summed E-state index contributed by atoms with van der Waals surface area (Å²) in [7, 11) is 0. The van der Waals surface area contributed by atoms with Crippen molar-refractivity contribution in [3.8, 4) is 0 Å². The third-order valence-electron chi connectivity index (χ3n) is 5.13. The van der Waals surface area contributed by atoms with Gasteiger partial charge >= 0.3 is 5.97 Å². The van der Waals surface area contributed by atoms with Gasteiger partial charge in [-0.3, -0.25) is 9.59 Å². The minimum atomic E-state index is -0.522. The number of piperidine rings is 1. The lowest BCUT2D eigenvalue weighted by atomic mass is 10.0. The van der Waals surface area contributed by atoms with Crippen LogP contribution >= 0.6 is 0 Å². The Bertz CT molecular complexity index is 747. The van der Waals surface area contributed by atoms with Crippen LogP contribution in [0.1, 0.15) is 51.0 Å². The smallest absolute Gasteiger partial charge is 0.328 e. The molecule has 0 spiro atoms. The standard InChI is InChI=1S/C21H27N3O4/c1-2-28-21(27)18-10-6-7-14-23(18)19(25)11-12-20(26)24-15-13-17(22-24)16-8-4-3-5-9-16/h3-5,8-9,18H,2,6-7,10-15H2,1H3. The summed E-state index contributed by atoms with van der Waals surface area (Å²) in [5, 5.41) is 5.87. The van der Waals surface area contributed by atoms with E-state index in [-0.39, 0.29) is 30.6 Å². The van der Waals surface area contributed by atoms with Crippen LogP contribution in [0.15, 0.2) is 35.4 Å². The molecule has 7 heteroatoms. The maximum Gasteiger partial charge on any atom is 0.328 e. The van der Waals surface area contributed by atoms with E-state index in [9.17, 15) is 14.4 Å². The first kappa shape index (κ1) is 20.0. The van der Waals surface area contributed by atoms with Crippen molar-refractivity contribution in [1.29, 1.82) is 0 Å². The largest absolute Gasteiger partial charge is 0.464 e. The number of likely N-dealkylation sites (tertiary alicyclic amines) is 1. The topological polar surface area (TPSA) is 79.3 Å². The maximum absolute atomic E-state index is 12.6. The highest BCUT2D eigenvalue weighted by molar-refractivity contribution is 6.02. The molecule has 7 nitrogen and oxygen atoms in total. The SMILES string of the molecule is CCOC(=O)C1CCCCN1C(=O)CCC(=O)N1CCC(c2ccccc2)=N1. The molecular formula is C21H27N3O4. The Morgan fingerprint density at radius 1 is 1.07 bits per heavy atom. The zero-order chi connectivity index (χ0) is 19.9. The number of carbonyl (C=O) groups is 3. The van der Waals surface area contributed by atoms with Gasteiger partial charge in [0.25, 0.3) is 0 Å². The van der Waals surface area contributed by atoms with E-state index in [1.807, 2.05) is 30.3 Å². The first-order chi connectivity index (χ1) is 13.6. The van der Waals surface area contributed by atoms with Crippen molar-refractivity contribution in [2.75, 3.05) is 19.7 Å². The van der Waals surface area contributed by atoms with Crippen LogP contribution < -0.4 is 0 Å². The van der Waals surface area contributed by atoms with E-state index in [4.69, 9.17) is 4.74 Å². The number of hydrogen-bond donors (Lipinski definition) is 0. The molecule has 1 aromatic carbocycles. The summed E-state index contributed by atoms with van der Waals surface area (Å²) in [6, 6.07) is 9.26. The fourth-order valence-electron chi connectivity index (χ4n) is 3.67. The highest BCUT2D eigenvalue weighted by atomic mass is 16.5. The van der Waals surface area contributed by atoms with E-state index in [2.05, 4.69) is 5.10 Å². The summed E-state index contributed by atoms with van der Waals surface area (Å²) in [4.78, 5) is 38.8. The normalized spacial score (nSPS) is 19.3. The summed E-state index contributed by atoms with van der Waals surface area (Å²) in [5.74, 6) is -0.680. The number of carbonyl (C=O) groups excluding carboxylic acids is 3. The molecule has 2 amide bonds. The minimum Gasteiger partial charge on any atom is -0.464 e. The molecule has 1 aromatic rings. The quantitative estimate of drug-likeness (QED) is 0.704. The highest BCUT2D eigenvalue weighted by Gasteiger charge is 2.33.